The molecule has 0 aromatic carbocycles. The number of hydrogen-bond acceptors (Lipinski definition) is 10. The third-order valence-electron chi connectivity index (χ3n) is 4.70. The van der Waals surface area contributed by atoms with Crippen LogP contribution in [0.4, 0.5) is 17.6 Å². The molecule has 14 nitrogen and oxygen atoms in total. The van der Waals surface area contributed by atoms with E-state index in [4.69, 9.17) is 26.2 Å². The van der Waals surface area contributed by atoms with Crippen LogP contribution in [0.15, 0.2) is 6.07 Å². The van der Waals surface area contributed by atoms with Gasteiger partial charge in [-0.3, -0.25) is 0 Å². The van der Waals surface area contributed by atoms with Gasteiger partial charge in [-0.2, -0.15) is 9.97 Å². The number of aromatic nitrogens is 2. The summed E-state index contributed by atoms with van der Waals surface area (Å²) in [6, 6.07) is 2.40. The average molecular weight is 448 g/mol. The van der Waals surface area contributed by atoms with Crippen molar-refractivity contribution in [1.29, 1.82) is 0 Å². The summed E-state index contributed by atoms with van der Waals surface area (Å²) in [5.41, 5.74) is 5.88. The summed E-state index contributed by atoms with van der Waals surface area (Å²) in [7, 11) is 2.01. The number of nitrogens with two attached hydrogens (primary N) is 1. The smallest absolute Gasteiger partial charge is 0.335 e. The van der Waals surface area contributed by atoms with Gasteiger partial charge in [0.05, 0.1) is 0 Å². The normalized spacial score (nSPS) is 19.1. The number of nitrogens with zero attached hydrogens (tertiary/aromatic N) is 3. The Hall–Kier alpha value is -2.78. The molecule has 2 aliphatic rings. The molecule has 1 aliphatic carbocycles. The summed E-state index contributed by atoms with van der Waals surface area (Å²) >= 11 is 0. The first-order valence-corrected chi connectivity index (χ1v) is 9.33. The lowest BCUT2D eigenvalue weighted by atomic mass is 10.2. The van der Waals surface area contributed by atoms with Gasteiger partial charge in [-0.1, -0.05) is 0 Å². The Labute approximate surface area is 178 Å². The Bertz CT molecular complexity index is 702. The number of rotatable bonds is 8. The van der Waals surface area contributed by atoms with Crippen molar-refractivity contribution in [1.82, 2.24) is 15.3 Å². The lowest BCUT2D eigenvalue weighted by Crippen LogP contribution is -2.39. The average Bonchev–Trinajstić information content (AvgIpc) is 3.39. The second kappa shape index (κ2) is 12.8. The highest BCUT2D eigenvalue weighted by atomic mass is 16.4. The highest BCUT2D eigenvalue weighted by Gasteiger charge is 2.29. The number of nitrogens with one attached hydrogen (secondary N) is 2. The van der Waals surface area contributed by atoms with Crippen molar-refractivity contribution in [3.05, 3.63) is 6.07 Å². The molecule has 2 heterocycles. The Morgan fingerprint density at radius 1 is 1.16 bits per heavy atom. The van der Waals surface area contributed by atoms with Gasteiger partial charge in [0.25, 0.3) is 0 Å². The number of carboxylic acids is 2. The molecule has 1 aromatic rings. The van der Waals surface area contributed by atoms with E-state index in [1.807, 2.05) is 13.1 Å². The van der Waals surface area contributed by atoms with Crippen LogP contribution in [0.3, 0.4) is 0 Å². The number of aliphatic hydroxyl groups excluding tert-OH is 2. The maximum absolute atomic E-state index is 9.77. The van der Waals surface area contributed by atoms with Crippen molar-refractivity contribution >= 4 is 29.5 Å². The number of carboxylic acid groups (broad SMARTS) is 2. The van der Waals surface area contributed by atoms with Gasteiger partial charge >= 0.3 is 11.9 Å². The van der Waals surface area contributed by atoms with Gasteiger partial charge in [-0.05, 0) is 32.2 Å². The summed E-state index contributed by atoms with van der Waals surface area (Å²) in [6.07, 6.45) is -0.753. The molecule has 0 spiro atoms. The fraction of sp³-hybridized carbons (Fsp3) is 0.647. The molecule has 2 unspecified atom stereocenters. The molecule has 1 saturated heterocycles. The molecule has 3 atom stereocenters. The molecule has 178 valence electrons. The van der Waals surface area contributed by atoms with Gasteiger partial charge in [-0.15, -0.1) is 0 Å². The van der Waals surface area contributed by atoms with Crippen LogP contribution in [0, 0.1) is 5.92 Å². The van der Waals surface area contributed by atoms with Gasteiger partial charge in [0.15, 0.2) is 12.2 Å². The molecule has 0 bridgehead atoms. The third kappa shape index (κ3) is 8.85. The first-order valence-electron chi connectivity index (χ1n) is 9.33. The van der Waals surface area contributed by atoms with Gasteiger partial charge in [0.1, 0.15) is 11.6 Å². The molecule has 1 saturated carbocycles. The van der Waals surface area contributed by atoms with Crippen molar-refractivity contribution < 1.29 is 41.0 Å². The van der Waals surface area contributed by atoms with Crippen LogP contribution >= 0.6 is 0 Å². The summed E-state index contributed by atoms with van der Waals surface area (Å²) in [4.78, 5) is 30.6. The topological polar surface area (TPSA) is 257 Å². The molecule has 12 N–H and O–H groups in total. The third-order valence-corrected chi connectivity index (χ3v) is 4.70. The number of carbonyl (C=O) groups is 2. The van der Waals surface area contributed by atoms with E-state index in [1.165, 1.54) is 12.8 Å². The summed E-state index contributed by atoms with van der Waals surface area (Å²) in [5, 5.41) is 39.1. The van der Waals surface area contributed by atoms with E-state index in [2.05, 4.69) is 25.5 Å². The minimum Gasteiger partial charge on any atom is -0.479 e. The van der Waals surface area contributed by atoms with Gasteiger partial charge in [-0.25, -0.2) is 9.59 Å². The van der Waals surface area contributed by atoms with Crippen LogP contribution in [-0.2, 0) is 9.59 Å². The van der Waals surface area contributed by atoms with E-state index in [-0.39, 0.29) is 11.0 Å². The Morgan fingerprint density at radius 2 is 1.74 bits per heavy atom. The number of nitrogen functional groups attached to an aromatic ring is 1. The zero-order valence-corrected chi connectivity index (χ0v) is 17.2. The largest absolute Gasteiger partial charge is 0.479 e. The first-order chi connectivity index (χ1) is 13.7. The highest BCUT2D eigenvalue weighted by Crippen LogP contribution is 2.29. The lowest BCUT2D eigenvalue weighted by Gasteiger charge is -2.18. The molecular weight excluding hydrogens is 416 g/mol. The quantitative estimate of drug-likeness (QED) is 0.209. The molecule has 14 heteroatoms. The lowest BCUT2D eigenvalue weighted by molar-refractivity contribution is -0.165. The molecule has 2 fully saturated rings. The second-order valence-electron chi connectivity index (χ2n) is 7.09. The van der Waals surface area contributed by atoms with E-state index >= 15 is 0 Å². The van der Waals surface area contributed by atoms with Crippen LogP contribution in [0.5, 0.6) is 0 Å². The maximum atomic E-state index is 9.77. The van der Waals surface area contributed by atoms with E-state index in [9.17, 15) is 9.59 Å². The summed E-state index contributed by atoms with van der Waals surface area (Å²) in [5.74, 6) is -0.603. The van der Waals surface area contributed by atoms with Crippen LogP contribution in [0.2, 0.25) is 0 Å². The van der Waals surface area contributed by atoms with Crippen molar-refractivity contribution in [3.63, 3.8) is 0 Å². The number of aliphatic carboxylic acids is 2. The molecule has 3 rings (SSSR count). The minimum absolute atomic E-state index is 0. The monoisotopic (exact) mass is 448 g/mol. The number of likely N-dealkylation sites (N-methyl/N-ethyl adjacent to an activating group) is 1. The maximum Gasteiger partial charge on any atom is 0.335 e. The fourth-order valence-electron chi connectivity index (χ4n) is 2.73. The van der Waals surface area contributed by atoms with Crippen molar-refractivity contribution in [2.45, 2.75) is 37.5 Å². The van der Waals surface area contributed by atoms with Crippen LogP contribution in [-0.4, -0.2) is 98.2 Å². The van der Waals surface area contributed by atoms with Gasteiger partial charge in [0.2, 0.25) is 5.95 Å². The van der Waals surface area contributed by atoms with Crippen LogP contribution in [0.25, 0.3) is 0 Å². The molecule has 0 amide bonds. The molecule has 0 radical (unpaired) electrons. The molecule has 1 aliphatic heterocycles. The second-order valence-corrected chi connectivity index (χ2v) is 7.09. The Balaban J connectivity index is 0.000000654. The minimum atomic E-state index is -2.27. The van der Waals surface area contributed by atoms with E-state index in [0.717, 1.165) is 37.8 Å². The fourth-order valence-corrected chi connectivity index (χ4v) is 2.73. The van der Waals surface area contributed by atoms with E-state index < -0.39 is 24.1 Å². The number of anilines is 3. The Kier molecular flexibility index (Phi) is 11.7. The number of aliphatic hydroxyl groups is 2. The van der Waals surface area contributed by atoms with Crippen molar-refractivity contribution in [3.8, 4) is 0 Å². The SMILES string of the molecule is CN[C@@H]1CCN(c2cc(N)nc(NCC3CC3)n2)C1.O.O.O=C(O)C(O)C(O)C(=O)O. The van der Waals surface area contributed by atoms with E-state index in [0.29, 0.717) is 17.8 Å². The predicted octanol–water partition coefficient (Wildman–Crippen LogP) is -3.09. The summed E-state index contributed by atoms with van der Waals surface area (Å²) < 4.78 is 0. The first kappa shape index (κ1) is 28.2. The van der Waals surface area contributed by atoms with Gasteiger partial charge in [0, 0.05) is 31.7 Å². The van der Waals surface area contributed by atoms with Crippen LogP contribution in [0.1, 0.15) is 19.3 Å². The zero-order valence-electron chi connectivity index (χ0n) is 17.2. The number of hydrogen-bond donors (Lipinski definition) is 7. The predicted molar refractivity (Wildman–Crippen MR) is 112 cm³/mol. The van der Waals surface area contributed by atoms with Crippen molar-refractivity contribution in [2.75, 3.05) is 42.6 Å². The molecule has 31 heavy (non-hydrogen) atoms. The van der Waals surface area contributed by atoms with E-state index in [1.54, 1.807) is 0 Å². The van der Waals surface area contributed by atoms with Gasteiger partial charge < -0.3 is 52.6 Å². The van der Waals surface area contributed by atoms with Crippen molar-refractivity contribution in [2.24, 2.45) is 5.92 Å². The standard InChI is InChI=1S/C13H22N6.C4H6O6.2H2O/c1-15-10-4-5-19(8-10)12-6-11(14)17-13(18-12)16-7-9-2-3-9;5-1(3(7)8)2(6)4(9)10;;/h6,9-10,15H,2-5,7-8H2,1H3,(H3,14,16,17,18);1-2,5-6H,(H,7,8)(H,9,10);2*1H2/t10-;;;/m1.../s1. The highest BCUT2D eigenvalue weighted by molar-refractivity contribution is 5.83. The molecule has 1 aromatic heterocycles. The summed E-state index contributed by atoms with van der Waals surface area (Å²) in [6.45, 7) is 2.96. The Morgan fingerprint density at radius 3 is 2.19 bits per heavy atom. The van der Waals surface area contributed by atoms with Crippen LogP contribution < -0.4 is 21.3 Å². The molecular formula is C17H32N6O8. The zero-order chi connectivity index (χ0) is 21.6.